The highest BCUT2D eigenvalue weighted by molar-refractivity contribution is 6.30. The van der Waals surface area contributed by atoms with Crippen molar-refractivity contribution in [1.82, 2.24) is 10.6 Å². The number of halogens is 1. The second-order valence-electron chi connectivity index (χ2n) is 3.54. The zero-order valence-corrected chi connectivity index (χ0v) is 9.79. The van der Waals surface area contributed by atoms with E-state index >= 15 is 0 Å². The van der Waals surface area contributed by atoms with E-state index in [0.717, 1.165) is 5.56 Å². The standard InChI is InChI=1S/C11H15ClN2O2/c1-8(7-15)14-11(16)13-6-9-3-2-4-10(12)5-9/h2-5,8,15H,6-7H2,1H3,(H2,13,14,16)/t8-/m0/s1. The van der Waals surface area contributed by atoms with Crippen molar-refractivity contribution in [1.29, 1.82) is 0 Å². The van der Waals surface area contributed by atoms with Crippen LogP contribution in [0.5, 0.6) is 0 Å². The van der Waals surface area contributed by atoms with Crippen molar-refractivity contribution >= 4 is 17.6 Å². The van der Waals surface area contributed by atoms with Gasteiger partial charge in [0.1, 0.15) is 0 Å². The van der Waals surface area contributed by atoms with Gasteiger partial charge >= 0.3 is 6.03 Å². The van der Waals surface area contributed by atoms with Crippen LogP contribution in [0.15, 0.2) is 24.3 Å². The summed E-state index contributed by atoms with van der Waals surface area (Å²) in [6.07, 6.45) is 0. The molecule has 3 N–H and O–H groups in total. The number of aliphatic hydroxyl groups is 1. The zero-order chi connectivity index (χ0) is 12.0. The molecule has 0 aromatic heterocycles. The molecule has 0 saturated carbocycles. The molecule has 4 nitrogen and oxygen atoms in total. The lowest BCUT2D eigenvalue weighted by Crippen LogP contribution is -2.41. The summed E-state index contributed by atoms with van der Waals surface area (Å²) in [4.78, 5) is 11.3. The number of urea groups is 1. The number of hydrogen-bond donors (Lipinski definition) is 3. The molecule has 0 aliphatic carbocycles. The van der Waals surface area contributed by atoms with Gasteiger partial charge in [-0.25, -0.2) is 4.79 Å². The molecule has 0 radical (unpaired) electrons. The van der Waals surface area contributed by atoms with E-state index in [1.807, 2.05) is 12.1 Å². The topological polar surface area (TPSA) is 61.4 Å². The fraction of sp³-hybridized carbons (Fsp3) is 0.364. The Morgan fingerprint density at radius 3 is 2.94 bits per heavy atom. The van der Waals surface area contributed by atoms with E-state index in [2.05, 4.69) is 10.6 Å². The van der Waals surface area contributed by atoms with Crippen LogP contribution in [0.25, 0.3) is 0 Å². The number of nitrogens with one attached hydrogen (secondary N) is 2. The molecule has 0 heterocycles. The Bertz CT molecular complexity index is 358. The summed E-state index contributed by atoms with van der Waals surface area (Å²) in [5.74, 6) is 0. The van der Waals surface area contributed by atoms with Crippen molar-refractivity contribution in [2.45, 2.75) is 19.5 Å². The van der Waals surface area contributed by atoms with Crippen LogP contribution < -0.4 is 10.6 Å². The first kappa shape index (κ1) is 12.8. The maximum atomic E-state index is 11.3. The highest BCUT2D eigenvalue weighted by atomic mass is 35.5. The van der Waals surface area contributed by atoms with Gasteiger partial charge in [0.05, 0.1) is 12.6 Å². The Labute approximate surface area is 99.6 Å². The molecule has 1 aromatic carbocycles. The van der Waals surface area contributed by atoms with E-state index < -0.39 is 0 Å². The molecular weight excluding hydrogens is 228 g/mol. The van der Waals surface area contributed by atoms with Gasteiger partial charge in [0, 0.05) is 11.6 Å². The second-order valence-corrected chi connectivity index (χ2v) is 3.98. The Balaban J connectivity index is 2.37. The SMILES string of the molecule is C[C@@H](CO)NC(=O)NCc1cccc(Cl)c1. The van der Waals surface area contributed by atoms with Crippen molar-refractivity contribution in [2.75, 3.05) is 6.61 Å². The number of benzene rings is 1. The van der Waals surface area contributed by atoms with Crippen LogP contribution in [-0.2, 0) is 6.54 Å². The summed E-state index contributed by atoms with van der Waals surface area (Å²) in [7, 11) is 0. The number of aliphatic hydroxyl groups excluding tert-OH is 1. The molecule has 88 valence electrons. The first-order chi connectivity index (χ1) is 7.61. The number of hydrogen-bond acceptors (Lipinski definition) is 2. The van der Waals surface area contributed by atoms with Gasteiger partial charge in [-0.1, -0.05) is 23.7 Å². The number of rotatable bonds is 4. The predicted octanol–water partition coefficient (Wildman–Crippen LogP) is 1.52. The van der Waals surface area contributed by atoms with Crippen LogP contribution in [0.4, 0.5) is 4.79 Å². The smallest absolute Gasteiger partial charge is 0.315 e. The summed E-state index contributed by atoms with van der Waals surface area (Å²) < 4.78 is 0. The fourth-order valence-electron chi connectivity index (χ4n) is 1.15. The summed E-state index contributed by atoms with van der Waals surface area (Å²) in [6.45, 7) is 2.05. The van der Waals surface area contributed by atoms with E-state index in [-0.39, 0.29) is 18.7 Å². The number of amides is 2. The molecule has 0 fully saturated rings. The van der Waals surface area contributed by atoms with Gasteiger partial charge in [0.15, 0.2) is 0 Å². The number of carbonyl (C=O) groups is 1. The zero-order valence-electron chi connectivity index (χ0n) is 9.03. The first-order valence-corrected chi connectivity index (χ1v) is 5.39. The van der Waals surface area contributed by atoms with Gasteiger partial charge < -0.3 is 15.7 Å². The number of carbonyl (C=O) groups excluding carboxylic acids is 1. The van der Waals surface area contributed by atoms with E-state index in [1.165, 1.54) is 0 Å². The van der Waals surface area contributed by atoms with Crippen LogP contribution in [0.2, 0.25) is 5.02 Å². The molecule has 0 saturated heterocycles. The quantitative estimate of drug-likeness (QED) is 0.750. The van der Waals surface area contributed by atoms with Crippen LogP contribution in [0.1, 0.15) is 12.5 Å². The minimum absolute atomic E-state index is 0.0788. The first-order valence-electron chi connectivity index (χ1n) is 5.01. The third-order valence-corrected chi connectivity index (χ3v) is 2.23. The van der Waals surface area contributed by atoms with E-state index in [0.29, 0.717) is 11.6 Å². The molecule has 0 aliphatic heterocycles. The van der Waals surface area contributed by atoms with Crippen molar-refractivity contribution in [2.24, 2.45) is 0 Å². The lowest BCUT2D eigenvalue weighted by atomic mass is 10.2. The third-order valence-electron chi connectivity index (χ3n) is 1.99. The van der Waals surface area contributed by atoms with Crippen LogP contribution in [0.3, 0.4) is 0 Å². The molecule has 0 aliphatic rings. The second kappa shape index (κ2) is 6.35. The van der Waals surface area contributed by atoms with Gasteiger partial charge in [0.2, 0.25) is 0 Å². The summed E-state index contributed by atoms with van der Waals surface area (Å²) in [6, 6.07) is 6.71. The molecule has 0 unspecified atom stereocenters. The van der Waals surface area contributed by atoms with Gasteiger partial charge in [-0.05, 0) is 24.6 Å². The molecule has 1 aromatic rings. The Hall–Kier alpha value is -1.26. The van der Waals surface area contributed by atoms with Crippen molar-refractivity contribution in [3.8, 4) is 0 Å². The van der Waals surface area contributed by atoms with Crippen LogP contribution in [-0.4, -0.2) is 23.8 Å². The molecule has 5 heteroatoms. The highest BCUT2D eigenvalue weighted by Gasteiger charge is 2.04. The van der Waals surface area contributed by atoms with E-state index in [1.54, 1.807) is 19.1 Å². The largest absolute Gasteiger partial charge is 0.394 e. The normalized spacial score (nSPS) is 11.9. The van der Waals surface area contributed by atoms with Crippen molar-refractivity contribution < 1.29 is 9.90 Å². The molecule has 1 rings (SSSR count). The summed E-state index contributed by atoms with van der Waals surface area (Å²) >= 11 is 5.81. The van der Waals surface area contributed by atoms with Gasteiger partial charge in [-0.2, -0.15) is 0 Å². The lowest BCUT2D eigenvalue weighted by molar-refractivity contribution is 0.220. The molecule has 16 heavy (non-hydrogen) atoms. The third kappa shape index (κ3) is 4.51. The Kier molecular flexibility index (Phi) is 5.08. The molecule has 2 amide bonds. The summed E-state index contributed by atoms with van der Waals surface area (Å²) in [5, 5.41) is 14.6. The highest BCUT2D eigenvalue weighted by Crippen LogP contribution is 2.09. The monoisotopic (exact) mass is 242 g/mol. The van der Waals surface area contributed by atoms with Crippen LogP contribution >= 0.6 is 11.6 Å². The molecule has 0 bridgehead atoms. The predicted molar refractivity (Wildman–Crippen MR) is 63.4 cm³/mol. The lowest BCUT2D eigenvalue weighted by Gasteiger charge is -2.11. The van der Waals surface area contributed by atoms with Crippen LogP contribution in [0, 0.1) is 0 Å². The van der Waals surface area contributed by atoms with Gasteiger partial charge in [-0.3, -0.25) is 0 Å². The van der Waals surface area contributed by atoms with Crippen molar-refractivity contribution in [3.63, 3.8) is 0 Å². The molecular formula is C11H15ClN2O2. The Morgan fingerprint density at radius 2 is 2.31 bits per heavy atom. The average Bonchev–Trinajstić information content (AvgIpc) is 2.26. The minimum atomic E-state index is -0.304. The average molecular weight is 243 g/mol. The van der Waals surface area contributed by atoms with Crippen molar-refractivity contribution in [3.05, 3.63) is 34.9 Å². The maximum Gasteiger partial charge on any atom is 0.315 e. The Morgan fingerprint density at radius 1 is 1.56 bits per heavy atom. The fourth-order valence-corrected chi connectivity index (χ4v) is 1.36. The van der Waals surface area contributed by atoms with E-state index in [9.17, 15) is 4.79 Å². The summed E-state index contributed by atoms with van der Waals surface area (Å²) in [5.41, 5.74) is 0.930. The minimum Gasteiger partial charge on any atom is -0.394 e. The molecule has 1 atom stereocenters. The van der Waals surface area contributed by atoms with Gasteiger partial charge in [0.25, 0.3) is 0 Å². The maximum absolute atomic E-state index is 11.3. The molecule has 0 spiro atoms. The van der Waals surface area contributed by atoms with E-state index in [4.69, 9.17) is 16.7 Å². The van der Waals surface area contributed by atoms with Gasteiger partial charge in [-0.15, -0.1) is 0 Å².